The van der Waals surface area contributed by atoms with Gasteiger partial charge in [0, 0.05) is 25.6 Å². The van der Waals surface area contributed by atoms with E-state index in [-0.39, 0.29) is 6.10 Å². The molecule has 1 aliphatic carbocycles. The summed E-state index contributed by atoms with van der Waals surface area (Å²) < 4.78 is 5.86. The summed E-state index contributed by atoms with van der Waals surface area (Å²) in [5, 5.41) is 3.44. The quantitative estimate of drug-likeness (QED) is 0.796. The maximum atomic E-state index is 13.2. The summed E-state index contributed by atoms with van der Waals surface area (Å²) in [6.45, 7) is 8.58. The molecular weight excluding hydrogens is 312 g/mol. The van der Waals surface area contributed by atoms with E-state index in [0.29, 0.717) is 23.8 Å². The van der Waals surface area contributed by atoms with Crippen molar-refractivity contribution in [1.29, 1.82) is 0 Å². The Morgan fingerprint density at radius 3 is 2.48 bits per heavy atom. The Morgan fingerprint density at radius 1 is 1.12 bits per heavy atom. The van der Waals surface area contributed by atoms with Crippen LogP contribution in [-0.4, -0.2) is 49.2 Å². The van der Waals surface area contributed by atoms with Crippen LogP contribution in [0.3, 0.4) is 0 Å². The van der Waals surface area contributed by atoms with Gasteiger partial charge in [-0.15, -0.1) is 0 Å². The molecule has 2 saturated heterocycles. The van der Waals surface area contributed by atoms with Gasteiger partial charge in [-0.1, -0.05) is 13.8 Å². The van der Waals surface area contributed by atoms with Crippen LogP contribution in [0.2, 0.25) is 0 Å². The van der Waals surface area contributed by atoms with E-state index in [1.807, 2.05) is 0 Å². The third kappa shape index (κ3) is 5.43. The lowest BCUT2D eigenvalue weighted by molar-refractivity contribution is -0.137. The van der Waals surface area contributed by atoms with Crippen molar-refractivity contribution in [3.63, 3.8) is 0 Å². The molecule has 0 aromatic rings. The molecule has 3 fully saturated rings. The fourth-order valence-corrected chi connectivity index (χ4v) is 4.99. The Labute approximate surface area is 154 Å². The second kappa shape index (κ2) is 9.36. The third-order valence-corrected chi connectivity index (χ3v) is 6.86. The van der Waals surface area contributed by atoms with Crippen molar-refractivity contribution in [3.05, 3.63) is 0 Å². The molecule has 1 N–H and O–H groups in total. The highest BCUT2D eigenvalue weighted by Gasteiger charge is 2.32. The minimum atomic E-state index is 0.275. The molecule has 0 radical (unpaired) electrons. The van der Waals surface area contributed by atoms with E-state index in [4.69, 9.17) is 4.74 Å². The second-order valence-electron chi connectivity index (χ2n) is 8.86. The Hall–Kier alpha value is -0.610. The van der Waals surface area contributed by atoms with Crippen molar-refractivity contribution in [2.45, 2.75) is 83.8 Å². The first-order valence-electron chi connectivity index (χ1n) is 10.7. The van der Waals surface area contributed by atoms with Gasteiger partial charge >= 0.3 is 0 Å². The molecular formula is C21H38N2O2. The average molecular weight is 351 g/mol. The van der Waals surface area contributed by atoms with Crippen molar-refractivity contribution in [2.24, 2.45) is 17.8 Å². The number of amides is 1. The largest absolute Gasteiger partial charge is 0.376 e. The first-order valence-corrected chi connectivity index (χ1v) is 10.7. The van der Waals surface area contributed by atoms with E-state index in [9.17, 15) is 4.79 Å². The van der Waals surface area contributed by atoms with Crippen LogP contribution in [0.5, 0.6) is 0 Å². The van der Waals surface area contributed by atoms with Crippen molar-refractivity contribution in [3.8, 4) is 0 Å². The molecule has 0 spiro atoms. The number of piperidine rings is 1. The third-order valence-electron chi connectivity index (χ3n) is 6.86. The lowest BCUT2D eigenvalue weighted by Gasteiger charge is -2.38. The molecule has 0 aromatic carbocycles. The normalized spacial score (nSPS) is 32.5. The van der Waals surface area contributed by atoms with Crippen LogP contribution in [0.25, 0.3) is 0 Å². The highest BCUT2D eigenvalue weighted by Crippen LogP contribution is 2.31. The first-order chi connectivity index (χ1) is 12.1. The molecule has 3 aliphatic rings. The molecule has 4 nitrogen and oxygen atoms in total. The summed E-state index contributed by atoms with van der Waals surface area (Å²) in [6, 6.07) is 0.452. The van der Waals surface area contributed by atoms with Crippen molar-refractivity contribution >= 4 is 5.91 Å². The molecule has 2 aliphatic heterocycles. The van der Waals surface area contributed by atoms with Gasteiger partial charge in [0.2, 0.25) is 5.91 Å². The summed E-state index contributed by atoms with van der Waals surface area (Å²) in [5.41, 5.74) is 0. The molecule has 25 heavy (non-hydrogen) atoms. The van der Waals surface area contributed by atoms with Gasteiger partial charge < -0.3 is 15.0 Å². The number of hydrogen-bond donors (Lipinski definition) is 1. The standard InChI is InChI=1S/C21H38N2O2/c1-16-5-7-19(8-6-16)23(15-20-4-3-13-25-20)21(24)14-17(2)18-9-11-22-12-10-18/h16-20,22H,3-15H2,1-2H3. The summed E-state index contributed by atoms with van der Waals surface area (Å²) in [7, 11) is 0. The predicted molar refractivity (Wildman–Crippen MR) is 101 cm³/mol. The number of hydrogen-bond acceptors (Lipinski definition) is 3. The minimum absolute atomic E-state index is 0.275. The van der Waals surface area contributed by atoms with Crippen molar-refractivity contribution < 1.29 is 9.53 Å². The van der Waals surface area contributed by atoms with E-state index in [1.54, 1.807) is 0 Å². The zero-order valence-electron chi connectivity index (χ0n) is 16.3. The molecule has 144 valence electrons. The summed E-state index contributed by atoms with van der Waals surface area (Å²) >= 11 is 0. The van der Waals surface area contributed by atoms with Gasteiger partial charge in [-0.2, -0.15) is 0 Å². The van der Waals surface area contributed by atoms with Crippen molar-refractivity contribution in [1.82, 2.24) is 10.2 Å². The highest BCUT2D eigenvalue weighted by molar-refractivity contribution is 5.77. The smallest absolute Gasteiger partial charge is 0.223 e. The summed E-state index contributed by atoms with van der Waals surface area (Å²) in [6.07, 6.45) is 10.6. The number of carbonyl (C=O) groups excluding carboxylic acids is 1. The monoisotopic (exact) mass is 350 g/mol. The molecule has 0 aromatic heterocycles. The fraction of sp³-hybridized carbons (Fsp3) is 0.952. The van der Waals surface area contributed by atoms with Gasteiger partial charge in [-0.05, 0) is 82.2 Å². The zero-order valence-corrected chi connectivity index (χ0v) is 16.3. The molecule has 1 saturated carbocycles. The number of ether oxygens (including phenoxy) is 1. The molecule has 4 heteroatoms. The van der Waals surface area contributed by atoms with Gasteiger partial charge in [0.05, 0.1) is 6.10 Å². The number of nitrogens with zero attached hydrogens (tertiary/aromatic N) is 1. The Balaban J connectivity index is 1.59. The fourth-order valence-electron chi connectivity index (χ4n) is 4.99. The topological polar surface area (TPSA) is 41.6 Å². The van der Waals surface area contributed by atoms with Gasteiger partial charge in [0.15, 0.2) is 0 Å². The Morgan fingerprint density at radius 2 is 1.84 bits per heavy atom. The van der Waals surface area contributed by atoms with Crippen LogP contribution >= 0.6 is 0 Å². The van der Waals surface area contributed by atoms with Crippen molar-refractivity contribution in [2.75, 3.05) is 26.2 Å². The van der Waals surface area contributed by atoms with Crippen LogP contribution in [0.1, 0.15) is 71.6 Å². The maximum absolute atomic E-state index is 13.2. The summed E-state index contributed by atoms with van der Waals surface area (Å²) in [4.78, 5) is 15.5. The van der Waals surface area contributed by atoms with Crippen LogP contribution < -0.4 is 5.32 Å². The van der Waals surface area contributed by atoms with Crippen LogP contribution in [-0.2, 0) is 9.53 Å². The van der Waals surface area contributed by atoms with E-state index in [2.05, 4.69) is 24.1 Å². The zero-order chi connectivity index (χ0) is 17.6. The van der Waals surface area contributed by atoms with Crippen LogP contribution in [0.15, 0.2) is 0 Å². The summed E-state index contributed by atoms with van der Waals surface area (Å²) in [5.74, 6) is 2.43. The predicted octanol–water partition coefficient (Wildman–Crippen LogP) is 3.60. The Bertz CT molecular complexity index is 408. The molecule has 3 rings (SSSR count). The van der Waals surface area contributed by atoms with Gasteiger partial charge in [-0.3, -0.25) is 4.79 Å². The molecule has 2 unspecified atom stereocenters. The van der Waals surface area contributed by atoms with E-state index in [0.717, 1.165) is 51.4 Å². The maximum Gasteiger partial charge on any atom is 0.223 e. The number of nitrogens with one attached hydrogen (secondary N) is 1. The SMILES string of the molecule is CC1CCC(N(CC2CCCO2)C(=O)CC(C)C2CCNCC2)CC1. The lowest BCUT2D eigenvalue weighted by atomic mass is 9.83. The molecule has 2 atom stereocenters. The number of rotatable bonds is 6. The van der Waals surface area contributed by atoms with E-state index < -0.39 is 0 Å². The second-order valence-corrected chi connectivity index (χ2v) is 8.86. The van der Waals surface area contributed by atoms with E-state index in [1.165, 1.54) is 38.5 Å². The average Bonchev–Trinajstić information content (AvgIpc) is 3.14. The minimum Gasteiger partial charge on any atom is -0.376 e. The highest BCUT2D eigenvalue weighted by atomic mass is 16.5. The van der Waals surface area contributed by atoms with Gasteiger partial charge in [0.1, 0.15) is 0 Å². The van der Waals surface area contributed by atoms with E-state index >= 15 is 0 Å². The number of carbonyl (C=O) groups is 1. The Kier molecular flexibility index (Phi) is 7.18. The molecule has 2 heterocycles. The van der Waals surface area contributed by atoms with Crippen LogP contribution in [0.4, 0.5) is 0 Å². The van der Waals surface area contributed by atoms with Crippen LogP contribution in [0, 0.1) is 17.8 Å². The lowest BCUT2D eigenvalue weighted by Crippen LogP contribution is -2.46. The van der Waals surface area contributed by atoms with Gasteiger partial charge in [0.25, 0.3) is 0 Å². The molecule has 0 bridgehead atoms. The van der Waals surface area contributed by atoms with Gasteiger partial charge in [-0.25, -0.2) is 0 Å². The first kappa shape index (κ1) is 19.2. The molecule has 1 amide bonds.